The van der Waals surface area contributed by atoms with Crippen LogP contribution in [0.1, 0.15) is 22.2 Å². The summed E-state index contributed by atoms with van der Waals surface area (Å²) in [5.74, 6) is 0.955. The Morgan fingerprint density at radius 1 is 1.45 bits per heavy atom. The average Bonchev–Trinajstić information content (AvgIpc) is 2.92. The minimum Gasteiger partial charge on any atom is -0.336 e. The molecular weight excluding hydrogens is 368 g/mol. The van der Waals surface area contributed by atoms with Crippen LogP contribution in [0.25, 0.3) is 0 Å². The van der Waals surface area contributed by atoms with Gasteiger partial charge in [-0.25, -0.2) is 4.98 Å². The molecule has 1 N–H and O–H groups in total. The second-order valence-corrected chi connectivity index (χ2v) is 6.04. The van der Waals surface area contributed by atoms with Crippen LogP contribution in [0.2, 0.25) is 0 Å². The molecule has 0 saturated carbocycles. The van der Waals surface area contributed by atoms with Crippen LogP contribution < -0.4 is 5.32 Å². The molecule has 7 heteroatoms. The summed E-state index contributed by atoms with van der Waals surface area (Å²) >= 11 is 3.42. The maximum atomic E-state index is 12.8. The molecule has 1 aromatic heterocycles. The predicted molar refractivity (Wildman–Crippen MR) is 91.2 cm³/mol. The molecule has 0 bridgehead atoms. The molecule has 2 heterocycles. The zero-order valence-corrected chi connectivity index (χ0v) is 14.6. The Morgan fingerprint density at radius 3 is 2.95 bits per heavy atom. The number of aryl methyl sites for hydroxylation is 1. The fraction of sp³-hybridized carbons (Fsp3) is 0.333. The number of hydrogen-bond donors (Lipinski definition) is 1. The van der Waals surface area contributed by atoms with Crippen molar-refractivity contribution >= 4 is 34.2 Å². The lowest BCUT2D eigenvalue weighted by Crippen LogP contribution is -2.49. The van der Waals surface area contributed by atoms with Crippen LogP contribution in [0.15, 0.2) is 41.1 Å². The Hall–Kier alpha value is -1.37. The van der Waals surface area contributed by atoms with Gasteiger partial charge in [0.15, 0.2) is 0 Å². The van der Waals surface area contributed by atoms with Gasteiger partial charge in [-0.05, 0) is 18.2 Å². The third-order valence-electron chi connectivity index (χ3n) is 3.73. The van der Waals surface area contributed by atoms with E-state index in [-0.39, 0.29) is 24.4 Å². The zero-order chi connectivity index (χ0) is 14.8. The molecule has 1 unspecified atom stereocenters. The predicted octanol–water partition coefficient (Wildman–Crippen LogP) is 2.39. The van der Waals surface area contributed by atoms with Crippen molar-refractivity contribution in [3.05, 3.63) is 52.5 Å². The van der Waals surface area contributed by atoms with Gasteiger partial charge in [-0.15, -0.1) is 12.4 Å². The largest absolute Gasteiger partial charge is 0.336 e. The Balaban J connectivity index is 0.00000176. The smallest absolute Gasteiger partial charge is 0.254 e. The van der Waals surface area contributed by atoms with Crippen molar-refractivity contribution in [1.29, 1.82) is 0 Å². The molecule has 1 amide bonds. The second-order valence-electron chi connectivity index (χ2n) is 5.13. The van der Waals surface area contributed by atoms with Gasteiger partial charge < -0.3 is 14.8 Å². The molecule has 1 aromatic carbocycles. The van der Waals surface area contributed by atoms with E-state index < -0.39 is 0 Å². The average molecular weight is 386 g/mol. The lowest BCUT2D eigenvalue weighted by Gasteiger charge is -2.35. The summed E-state index contributed by atoms with van der Waals surface area (Å²) in [5.41, 5.74) is 0.700. The molecule has 2 aromatic rings. The maximum Gasteiger partial charge on any atom is 0.254 e. The van der Waals surface area contributed by atoms with Crippen molar-refractivity contribution in [2.45, 2.75) is 6.04 Å². The van der Waals surface area contributed by atoms with Crippen LogP contribution in [0.5, 0.6) is 0 Å². The van der Waals surface area contributed by atoms with E-state index in [1.54, 1.807) is 6.20 Å². The highest BCUT2D eigenvalue weighted by molar-refractivity contribution is 9.10. The van der Waals surface area contributed by atoms with Crippen molar-refractivity contribution in [3.63, 3.8) is 0 Å². The number of carbonyl (C=O) groups is 1. The first kappa shape index (κ1) is 17.0. The van der Waals surface area contributed by atoms with E-state index in [4.69, 9.17) is 0 Å². The van der Waals surface area contributed by atoms with Gasteiger partial charge in [0.2, 0.25) is 0 Å². The van der Waals surface area contributed by atoms with Crippen LogP contribution in [0.3, 0.4) is 0 Å². The maximum absolute atomic E-state index is 12.8. The minimum atomic E-state index is -0.0368. The number of amides is 1. The van der Waals surface area contributed by atoms with E-state index >= 15 is 0 Å². The van der Waals surface area contributed by atoms with Crippen molar-refractivity contribution in [1.82, 2.24) is 19.8 Å². The summed E-state index contributed by atoms with van der Waals surface area (Å²) in [4.78, 5) is 19.1. The Morgan fingerprint density at radius 2 is 2.27 bits per heavy atom. The highest BCUT2D eigenvalue weighted by atomic mass is 79.9. The topological polar surface area (TPSA) is 50.2 Å². The first-order chi connectivity index (χ1) is 10.2. The number of carbonyl (C=O) groups excluding carboxylic acids is 1. The van der Waals surface area contributed by atoms with Crippen LogP contribution in [0.4, 0.5) is 0 Å². The van der Waals surface area contributed by atoms with E-state index in [0.29, 0.717) is 12.1 Å². The molecule has 1 saturated heterocycles. The van der Waals surface area contributed by atoms with Crippen molar-refractivity contribution in [2.24, 2.45) is 7.05 Å². The molecule has 22 heavy (non-hydrogen) atoms. The van der Waals surface area contributed by atoms with Gasteiger partial charge in [-0.3, -0.25) is 4.79 Å². The fourth-order valence-electron chi connectivity index (χ4n) is 2.66. The lowest BCUT2D eigenvalue weighted by molar-refractivity contribution is 0.0621. The monoisotopic (exact) mass is 384 g/mol. The van der Waals surface area contributed by atoms with E-state index in [9.17, 15) is 4.79 Å². The summed E-state index contributed by atoms with van der Waals surface area (Å²) in [6.45, 7) is 2.22. The third-order valence-corrected chi connectivity index (χ3v) is 4.23. The van der Waals surface area contributed by atoms with Gasteiger partial charge in [0.05, 0.1) is 0 Å². The summed E-state index contributed by atoms with van der Waals surface area (Å²) in [6.07, 6.45) is 3.68. The lowest BCUT2D eigenvalue weighted by atomic mass is 10.1. The number of aromatic nitrogens is 2. The van der Waals surface area contributed by atoms with E-state index in [2.05, 4.69) is 26.2 Å². The van der Waals surface area contributed by atoms with Crippen molar-refractivity contribution < 1.29 is 4.79 Å². The van der Waals surface area contributed by atoms with Gasteiger partial charge in [0, 0.05) is 49.1 Å². The van der Waals surface area contributed by atoms with Gasteiger partial charge >= 0.3 is 0 Å². The highest BCUT2D eigenvalue weighted by Gasteiger charge is 2.30. The SMILES string of the molecule is Cl.Cn1ccnc1C1CNCCN1C(=O)c1cccc(Br)c1. The first-order valence-corrected chi connectivity index (χ1v) is 7.70. The minimum absolute atomic E-state index is 0. The Labute approximate surface area is 144 Å². The summed E-state index contributed by atoms with van der Waals surface area (Å²) < 4.78 is 2.89. The molecule has 1 atom stereocenters. The van der Waals surface area contributed by atoms with Crippen LogP contribution in [-0.2, 0) is 7.05 Å². The standard InChI is InChI=1S/C15H17BrN4O.ClH/c1-19-7-6-18-14(19)13-10-17-5-8-20(13)15(21)11-3-2-4-12(16)9-11;/h2-4,6-7,9,13,17H,5,8,10H2,1H3;1H. The van der Waals surface area contributed by atoms with Gasteiger partial charge in [-0.2, -0.15) is 0 Å². The molecule has 3 rings (SSSR count). The zero-order valence-electron chi connectivity index (χ0n) is 12.2. The quantitative estimate of drug-likeness (QED) is 0.863. The molecule has 0 spiro atoms. The summed E-state index contributed by atoms with van der Waals surface area (Å²) in [7, 11) is 1.96. The molecule has 0 aliphatic carbocycles. The Kier molecular flexibility index (Phi) is 5.61. The third kappa shape index (κ3) is 3.34. The Bertz CT molecular complexity index is 660. The van der Waals surface area contributed by atoms with Crippen LogP contribution in [0, 0.1) is 0 Å². The number of imidazole rings is 1. The van der Waals surface area contributed by atoms with Crippen molar-refractivity contribution in [3.8, 4) is 0 Å². The van der Waals surface area contributed by atoms with Gasteiger partial charge in [0.1, 0.15) is 11.9 Å². The number of nitrogens with one attached hydrogen (secondary N) is 1. The van der Waals surface area contributed by atoms with E-state index in [1.807, 2.05) is 47.0 Å². The number of piperazine rings is 1. The molecule has 1 aliphatic rings. The first-order valence-electron chi connectivity index (χ1n) is 6.91. The summed E-state index contributed by atoms with van der Waals surface area (Å²) in [5, 5.41) is 3.34. The number of nitrogens with zero attached hydrogens (tertiary/aromatic N) is 3. The van der Waals surface area contributed by atoms with Gasteiger partial charge in [0.25, 0.3) is 5.91 Å². The normalized spacial score (nSPS) is 17.9. The van der Waals surface area contributed by atoms with Crippen molar-refractivity contribution in [2.75, 3.05) is 19.6 Å². The van der Waals surface area contributed by atoms with Gasteiger partial charge in [-0.1, -0.05) is 22.0 Å². The molecule has 1 aliphatic heterocycles. The number of halogens is 2. The highest BCUT2D eigenvalue weighted by Crippen LogP contribution is 2.23. The molecule has 1 fully saturated rings. The number of rotatable bonds is 2. The second kappa shape index (κ2) is 7.26. The fourth-order valence-corrected chi connectivity index (χ4v) is 3.06. The van der Waals surface area contributed by atoms with E-state index in [0.717, 1.165) is 23.4 Å². The number of hydrogen-bond acceptors (Lipinski definition) is 3. The number of benzene rings is 1. The molecule has 118 valence electrons. The molecule has 0 radical (unpaired) electrons. The van der Waals surface area contributed by atoms with E-state index in [1.165, 1.54) is 0 Å². The van der Waals surface area contributed by atoms with Crippen LogP contribution >= 0.6 is 28.3 Å². The molecule has 5 nitrogen and oxygen atoms in total. The van der Waals surface area contributed by atoms with Crippen LogP contribution in [-0.4, -0.2) is 40.0 Å². The molecular formula is C15H18BrClN4O. The summed E-state index contributed by atoms with van der Waals surface area (Å²) in [6, 6.07) is 7.48.